The monoisotopic (exact) mass is 453 g/mol. The molecular weight excluding hydrogens is 426 g/mol. The largest absolute Gasteiger partial charge is 0.488 e. The summed E-state index contributed by atoms with van der Waals surface area (Å²) in [7, 11) is 2.02. The Hall–Kier alpha value is -4.07. The van der Waals surface area contributed by atoms with Gasteiger partial charge in [-0.15, -0.1) is 0 Å². The molecule has 172 valence electrons. The van der Waals surface area contributed by atoms with E-state index >= 15 is 0 Å². The Kier molecular flexibility index (Phi) is 4.86. The third-order valence-electron chi connectivity index (χ3n) is 6.66. The molecular formula is C26H27N7O. The van der Waals surface area contributed by atoms with E-state index in [1.165, 1.54) is 11.1 Å². The van der Waals surface area contributed by atoms with E-state index in [4.69, 9.17) is 20.4 Å². The van der Waals surface area contributed by atoms with Crippen LogP contribution in [0.4, 0.5) is 23.3 Å². The Balaban J connectivity index is 1.32. The van der Waals surface area contributed by atoms with Gasteiger partial charge in [-0.25, -0.2) is 4.98 Å². The Bertz CT molecular complexity index is 1350. The van der Waals surface area contributed by atoms with Crippen molar-refractivity contribution in [3.63, 3.8) is 0 Å². The number of para-hydroxylation sites is 1. The number of ether oxygens (including phenoxy) is 1. The molecule has 2 aliphatic rings. The first-order valence-corrected chi connectivity index (χ1v) is 11.6. The van der Waals surface area contributed by atoms with Crippen LogP contribution in [-0.2, 0) is 13.0 Å². The summed E-state index contributed by atoms with van der Waals surface area (Å²) in [5.41, 5.74) is 12.4. The van der Waals surface area contributed by atoms with Crippen LogP contribution >= 0.6 is 0 Å². The predicted octanol–water partition coefficient (Wildman–Crippen LogP) is 4.24. The van der Waals surface area contributed by atoms with Gasteiger partial charge < -0.3 is 20.3 Å². The number of aromatic amines is 1. The van der Waals surface area contributed by atoms with Gasteiger partial charge >= 0.3 is 0 Å². The molecule has 0 saturated carbocycles. The van der Waals surface area contributed by atoms with Gasteiger partial charge in [0.25, 0.3) is 0 Å². The van der Waals surface area contributed by atoms with Crippen LogP contribution in [0.2, 0.25) is 0 Å². The van der Waals surface area contributed by atoms with Gasteiger partial charge in [-0.05, 0) is 43.5 Å². The molecule has 6 rings (SSSR count). The van der Waals surface area contributed by atoms with Gasteiger partial charge in [0.1, 0.15) is 17.7 Å². The minimum absolute atomic E-state index is 0.0896. The molecule has 3 N–H and O–H groups in total. The topological polar surface area (TPSA) is 96.2 Å². The van der Waals surface area contributed by atoms with Gasteiger partial charge in [0.05, 0.1) is 24.3 Å². The summed E-state index contributed by atoms with van der Waals surface area (Å²) in [4.78, 5) is 14.0. The molecule has 2 aromatic carbocycles. The fourth-order valence-electron chi connectivity index (χ4n) is 4.76. The molecule has 0 aliphatic carbocycles. The number of nitrogens with one attached hydrogen (secondary N) is 1. The quantitative estimate of drug-likeness (QED) is 0.477. The second-order valence-corrected chi connectivity index (χ2v) is 9.06. The summed E-state index contributed by atoms with van der Waals surface area (Å²) < 4.78 is 6.25. The van der Waals surface area contributed by atoms with Crippen molar-refractivity contribution in [1.82, 2.24) is 20.2 Å². The van der Waals surface area contributed by atoms with Gasteiger partial charge in [0.15, 0.2) is 5.82 Å². The van der Waals surface area contributed by atoms with Gasteiger partial charge in [0.2, 0.25) is 5.95 Å². The number of aryl methyl sites for hydroxylation is 2. The Morgan fingerprint density at radius 1 is 1.18 bits per heavy atom. The lowest BCUT2D eigenvalue weighted by atomic mass is 10.0. The summed E-state index contributed by atoms with van der Waals surface area (Å²) in [6.45, 7) is 3.39. The van der Waals surface area contributed by atoms with E-state index in [1.54, 1.807) is 0 Å². The van der Waals surface area contributed by atoms with Crippen LogP contribution in [0, 0.1) is 6.92 Å². The second kappa shape index (κ2) is 8.06. The standard InChI is InChI=1S/C26H27N7O/c1-16-7-10-18(11-8-16)33-15-21-23(30-31-24(21)27)20-13-28-26(29-25(20)33)32(2)14-19-12-9-17-5-3-4-6-22(17)34-19/h3-8,10-11,13,19H,9,12,14-15H2,1-2H3,(H3,27,30,31). The van der Waals surface area contributed by atoms with E-state index in [2.05, 4.69) is 63.3 Å². The normalized spacial score (nSPS) is 16.3. The van der Waals surface area contributed by atoms with E-state index in [9.17, 15) is 0 Å². The Morgan fingerprint density at radius 3 is 2.85 bits per heavy atom. The number of nitrogens with two attached hydrogens (primary N) is 1. The van der Waals surface area contributed by atoms with Crippen LogP contribution in [0.5, 0.6) is 5.75 Å². The van der Waals surface area contributed by atoms with E-state index < -0.39 is 0 Å². The molecule has 34 heavy (non-hydrogen) atoms. The average Bonchev–Trinajstić information content (AvgIpc) is 3.24. The highest BCUT2D eigenvalue weighted by Gasteiger charge is 2.30. The molecule has 8 heteroatoms. The number of fused-ring (bicyclic) bond motifs is 4. The molecule has 4 heterocycles. The highest BCUT2D eigenvalue weighted by Crippen LogP contribution is 2.42. The summed E-state index contributed by atoms with van der Waals surface area (Å²) in [6, 6.07) is 16.7. The molecule has 0 radical (unpaired) electrons. The molecule has 4 aromatic rings. The van der Waals surface area contributed by atoms with Crippen molar-refractivity contribution >= 4 is 23.3 Å². The molecule has 8 nitrogen and oxygen atoms in total. The molecule has 0 spiro atoms. The fourth-order valence-corrected chi connectivity index (χ4v) is 4.76. The van der Waals surface area contributed by atoms with E-state index in [0.29, 0.717) is 24.9 Å². The summed E-state index contributed by atoms with van der Waals surface area (Å²) in [6.07, 6.45) is 3.94. The van der Waals surface area contributed by atoms with Crippen molar-refractivity contribution < 1.29 is 4.74 Å². The third-order valence-corrected chi connectivity index (χ3v) is 6.66. The van der Waals surface area contributed by atoms with Crippen molar-refractivity contribution in [3.8, 4) is 17.0 Å². The molecule has 2 aliphatic heterocycles. The van der Waals surface area contributed by atoms with E-state index in [1.807, 2.05) is 25.4 Å². The van der Waals surface area contributed by atoms with Crippen molar-refractivity contribution in [1.29, 1.82) is 0 Å². The van der Waals surface area contributed by atoms with Crippen molar-refractivity contribution in [2.45, 2.75) is 32.4 Å². The molecule has 2 aromatic heterocycles. The lowest BCUT2D eigenvalue weighted by Crippen LogP contribution is -2.36. The van der Waals surface area contributed by atoms with Crippen LogP contribution in [-0.4, -0.2) is 39.9 Å². The molecule has 0 saturated heterocycles. The highest BCUT2D eigenvalue weighted by atomic mass is 16.5. The third kappa shape index (κ3) is 3.51. The number of benzene rings is 2. The number of H-pyrrole nitrogens is 1. The van der Waals surface area contributed by atoms with Crippen LogP contribution in [0.1, 0.15) is 23.1 Å². The zero-order valence-electron chi connectivity index (χ0n) is 19.3. The lowest BCUT2D eigenvalue weighted by molar-refractivity contribution is 0.179. The van der Waals surface area contributed by atoms with Crippen LogP contribution in [0.15, 0.2) is 54.7 Å². The van der Waals surface area contributed by atoms with Crippen LogP contribution in [0.3, 0.4) is 0 Å². The first-order valence-electron chi connectivity index (χ1n) is 11.6. The van der Waals surface area contributed by atoms with Crippen LogP contribution < -0.4 is 20.3 Å². The predicted molar refractivity (Wildman–Crippen MR) is 133 cm³/mol. The summed E-state index contributed by atoms with van der Waals surface area (Å²) in [5.74, 6) is 2.99. The minimum atomic E-state index is 0.0896. The zero-order valence-corrected chi connectivity index (χ0v) is 19.3. The van der Waals surface area contributed by atoms with Crippen LogP contribution in [0.25, 0.3) is 11.3 Å². The van der Waals surface area contributed by atoms with E-state index in [-0.39, 0.29) is 6.10 Å². The van der Waals surface area contributed by atoms with Crippen molar-refractivity contribution in [2.75, 3.05) is 29.1 Å². The first kappa shape index (κ1) is 20.5. The number of nitrogens with zero attached hydrogens (tertiary/aromatic N) is 5. The summed E-state index contributed by atoms with van der Waals surface area (Å²) in [5, 5.41) is 7.31. The number of hydrogen-bond donors (Lipinski definition) is 2. The average molecular weight is 454 g/mol. The number of likely N-dealkylation sites (N-methyl/N-ethyl adjacent to an activating group) is 1. The minimum Gasteiger partial charge on any atom is -0.488 e. The van der Waals surface area contributed by atoms with Gasteiger partial charge in [0, 0.05) is 24.5 Å². The molecule has 1 atom stereocenters. The number of nitrogen functional groups attached to an aromatic ring is 1. The van der Waals surface area contributed by atoms with Crippen molar-refractivity contribution in [3.05, 3.63) is 71.4 Å². The molecule has 0 bridgehead atoms. The van der Waals surface area contributed by atoms with Gasteiger partial charge in [-0.2, -0.15) is 10.1 Å². The number of hydrogen-bond acceptors (Lipinski definition) is 7. The smallest absolute Gasteiger partial charge is 0.227 e. The number of rotatable bonds is 4. The zero-order chi connectivity index (χ0) is 23.2. The van der Waals surface area contributed by atoms with Crippen molar-refractivity contribution in [2.24, 2.45) is 0 Å². The lowest BCUT2D eigenvalue weighted by Gasteiger charge is -2.32. The maximum absolute atomic E-state index is 6.25. The van der Waals surface area contributed by atoms with Gasteiger partial charge in [-0.3, -0.25) is 5.10 Å². The second-order valence-electron chi connectivity index (χ2n) is 9.06. The molecule has 0 fully saturated rings. The summed E-state index contributed by atoms with van der Waals surface area (Å²) >= 11 is 0. The highest BCUT2D eigenvalue weighted by molar-refractivity contribution is 5.85. The van der Waals surface area contributed by atoms with Gasteiger partial charge in [-0.1, -0.05) is 35.9 Å². The fraction of sp³-hybridized carbons (Fsp3) is 0.269. The van der Waals surface area contributed by atoms with E-state index in [0.717, 1.165) is 46.9 Å². The number of anilines is 4. The Labute approximate surface area is 198 Å². The Morgan fingerprint density at radius 2 is 2.00 bits per heavy atom. The number of aromatic nitrogens is 4. The SMILES string of the molecule is Cc1ccc(N2Cc3c(N)n[nH]c3-c3cnc(N(C)CC4CCc5ccccc5O4)nc32)cc1. The molecule has 1 unspecified atom stereocenters. The maximum atomic E-state index is 6.25. The molecule has 0 amide bonds. The maximum Gasteiger partial charge on any atom is 0.227 e. The first-order chi connectivity index (χ1) is 16.6.